The summed E-state index contributed by atoms with van der Waals surface area (Å²) < 4.78 is 5.94. The van der Waals surface area contributed by atoms with E-state index in [0.29, 0.717) is 12.3 Å². The Morgan fingerprint density at radius 2 is 1.60 bits per heavy atom. The number of carbonyl (C=O) groups excluding carboxylic acids is 1. The number of hydrogen-bond acceptors (Lipinski definition) is 2. The van der Waals surface area contributed by atoms with Crippen LogP contribution in [0.5, 0.6) is 0 Å². The molecule has 0 N–H and O–H groups in total. The molecule has 3 nitrogen and oxygen atoms in total. The molecule has 0 rings (SSSR count). The summed E-state index contributed by atoms with van der Waals surface area (Å²) in [4.78, 5) is 14.5. The quantitative estimate of drug-likeness (QED) is 0.349. The SMILES string of the molecule is CC.CC.C\C=C/C=C(\C=C/C)OC(C)(C)C(=O)N(CC)CCCC. The van der Waals surface area contributed by atoms with Gasteiger partial charge < -0.3 is 9.64 Å². The third-order valence-corrected chi connectivity index (χ3v) is 3.12. The minimum absolute atomic E-state index is 0.0364. The Balaban J connectivity index is -0.00000112. The average molecular weight is 354 g/mol. The lowest BCUT2D eigenvalue weighted by atomic mass is 10.1. The molecule has 0 aromatic rings. The van der Waals surface area contributed by atoms with Crippen molar-refractivity contribution in [1.82, 2.24) is 4.90 Å². The standard InChI is InChI=1S/C18H31NO2.2C2H6/c1-7-11-14-16(13-9-3)21-18(5,6)17(20)19(10-4)15-12-8-2;2*1-2/h7,9,11,13-14H,8,10,12,15H2,1-6H3;2*1-2H3/b11-7-,13-9-,16-14+;;. The van der Waals surface area contributed by atoms with Crippen LogP contribution in [0.1, 0.15) is 82.1 Å². The van der Waals surface area contributed by atoms with Crippen molar-refractivity contribution in [2.45, 2.75) is 87.7 Å². The van der Waals surface area contributed by atoms with Crippen LogP contribution >= 0.6 is 0 Å². The van der Waals surface area contributed by atoms with E-state index in [1.165, 1.54) is 0 Å². The molecule has 0 unspecified atom stereocenters. The van der Waals surface area contributed by atoms with Crippen molar-refractivity contribution in [3.05, 3.63) is 36.1 Å². The van der Waals surface area contributed by atoms with Crippen LogP contribution in [0.3, 0.4) is 0 Å². The van der Waals surface area contributed by atoms with Crippen molar-refractivity contribution in [3.63, 3.8) is 0 Å². The van der Waals surface area contributed by atoms with Gasteiger partial charge >= 0.3 is 0 Å². The second kappa shape index (κ2) is 18.8. The summed E-state index contributed by atoms with van der Waals surface area (Å²) in [7, 11) is 0. The van der Waals surface area contributed by atoms with Gasteiger partial charge in [-0.1, -0.05) is 59.3 Å². The highest BCUT2D eigenvalue weighted by molar-refractivity contribution is 5.84. The molecular formula is C22H43NO2. The van der Waals surface area contributed by atoms with E-state index in [1.54, 1.807) is 0 Å². The fourth-order valence-corrected chi connectivity index (χ4v) is 1.95. The molecule has 0 atom stereocenters. The molecule has 0 aliphatic carbocycles. The largest absolute Gasteiger partial charge is 0.478 e. The van der Waals surface area contributed by atoms with Crippen LogP contribution in [0, 0.1) is 0 Å². The summed E-state index contributed by atoms with van der Waals surface area (Å²) in [6.07, 6.45) is 11.6. The molecule has 0 saturated heterocycles. The molecule has 25 heavy (non-hydrogen) atoms. The molecule has 0 aliphatic heterocycles. The van der Waals surface area contributed by atoms with Crippen molar-refractivity contribution < 1.29 is 9.53 Å². The van der Waals surface area contributed by atoms with Crippen LogP contribution in [-0.2, 0) is 9.53 Å². The molecule has 0 radical (unpaired) electrons. The molecule has 0 heterocycles. The lowest BCUT2D eigenvalue weighted by Gasteiger charge is -2.32. The van der Waals surface area contributed by atoms with E-state index in [4.69, 9.17) is 4.74 Å². The number of unbranched alkanes of at least 4 members (excludes halogenated alkanes) is 1. The summed E-state index contributed by atoms with van der Waals surface area (Å²) in [6.45, 7) is 21.2. The maximum atomic E-state index is 12.6. The minimum atomic E-state index is -0.864. The van der Waals surface area contributed by atoms with Crippen LogP contribution in [0.2, 0.25) is 0 Å². The van der Waals surface area contributed by atoms with Gasteiger partial charge in [0.1, 0.15) is 5.76 Å². The van der Waals surface area contributed by atoms with Gasteiger partial charge in [-0.05, 0) is 53.2 Å². The van der Waals surface area contributed by atoms with Crippen LogP contribution in [-0.4, -0.2) is 29.5 Å². The first-order valence-electron chi connectivity index (χ1n) is 9.86. The Bertz CT molecular complexity index is 393. The van der Waals surface area contributed by atoms with E-state index >= 15 is 0 Å². The fourth-order valence-electron chi connectivity index (χ4n) is 1.95. The number of carbonyl (C=O) groups is 1. The Morgan fingerprint density at radius 3 is 2.00 bits per heavy atom. The van der Waals surface area contributed by atoms with Crippen LogP contribution in [0.25, 0.3) is 0 Å². The highest BCUT2D eigenvalue weighted by Crippen LogP contribution is 2.19. The first-order chi connectivity index (χ1) is 11.9. The molecular weight excluding hydrogens is 310 g/mol. The number of rotatable bonds is 9. The second-order valence-electron chi connectivity index (χ2n) is 5.45. The Labute approximate surface area is 157 Å². The zero-order chi connectivity index (χ0) is 20.3. The van der Waals surface area contributed by atoms with E-state index in [0.717, 1.165) is 19.4 Å². The number of nitrogens with zero attached hydrogens (tertiary/aromatic N) is 1. The summed E-state index contributed by atoms with van der Waals surface area (Å²) in [5, 5.41) is 0. The zero-order valence-electron chi connectivity index (χ0n) is 18.5. The summed E-state index contributed by atoms with van der Waals surface area (Å²) in [5.41, 5.74) is -0.864. The molecule has 0 fully saturated rings. The third-order valence-electron chi connectivity index (χ3n) is 3.12. The van der Waals surface area contributed by atoms with Gasteiger partial charge in [0, 0.05) is 13.1 Å². The van der Waals surface area contributed by atoms with E-state index in [1.807, 2.05) is 97.6 Å². The molecule has 0 saturated carbocycles. The van der Waals surface area contributed by atoms with Crippen LogP contribution in [0.4, 0.5) is 0 Å². The number of likely N-dealkylation sites (N-methyl/N-ethyl adjacent to an activating group) is 1. The summed E-state index contributed by atoms with van der Waals surface area (Å²) in [5.74, 6) is 0.731. The van der Waals surface area contributed by atoms with Gasteiger partial charge in [-0.15, -0.1) is 0 Å². The second-order valence-corrected chi connectivity index (χ2v) is 5.45. The molecule has 0 spiro atoms. The summed E-state index contributed by atoms with van der Waals surface area (Å²) in [6, 6.07) is 0. The number of hydrogen-bond donors (Lipinski definition) is 0. The van der Waals surface area contributed by atoms with Gasteiger partial charge in [-0.3, -0.25) is 4.79 Å². The van der Waals surface area contributed by atoms with Gasteiger partial charge in [0.2, 0.25) is 0 Å². The van der Waals surface area contributed by atoms with Crippen molar-refractivity contribution in [1.29, 1.82) is 0 Å². The monoisotopic (exact) mass is 353 g/mol. The first kappa shape index (κ1) is 28.3. The van der Waals surface area contributed by atoms with Crippen LogP contribution in [0.15, 0.2) is 36.1 Å². The van der Waals surface area contributed by atoms with Crippen molar-refractivity contribution in [2.24, 2.45) is 0 Å². The van der Waals surface area contributed by atoms with E-state index in [-0.39, 0.29) is 5.91 Å². The normalized spacial score (nSPS) is 11.5. The highest BCUT2D eigenvalue weighted by Gasteiger charge is 2.33. The maximum Gasteiger partial charge on any atom is 0.266 e. The van der Waals surface area contributed by atoms with Gasteiger partial charge in [-0.2, -0.15) is 0 Å². The predicted octanol–water partition coefficient (Wildman–Crippen LogP) is 6.52. The number of allylic oxidation sites excluding steroid dienone is 5. The van der Waals surface area contributed by atoms with Gasteiger partial charge in [-0.25, -0.2) is 0 Å². The van der Waals surface area contributed by atoms with E-state index < -0.39 is 5.60 Å². The zero-order valence-corrected chi connectivity index (χ0v) is 18.5. The molecule has 3 heteroatoms. The fraction of sp³-hybridized carbons (Fsp3) is 0.682. The molecule has 1 amide bonds. The smallest absolute Gasteiger partial charge is 0.266 e. The van der Waals surface area contributed by atoms with Gasteiger partial charge in [0.05, 0.1) is 0 Å². The van der Waals surface area contributed by atoms with Crippen molar-refractivity contribution in [2.75, 3.05) is 13.1 Å². The predicted molar refractivity (Wildman–Crippen MR) is 113 cm³/mol. The third kappa shape index (κ3) is 13.5. The van der Waals surface area contributed by atoms with E-state index in [2.05, 4.69) is 6.92 Å². The van der Waals surface area contributed by atoms with Crippen LogP contribution < -0.4 is 0 Å². The first-order valence-corrected chi connectivity index (χ1v) is 9.86. The van der Waals surface area contributed by atoms with Gasteiger partial charge in [0.15, 0.2) is 5.60 Å². The Kier molecular flexibility index (Phi) is 21.3. The summed E-state index contributed by atoms with van der Waals surface area (Å²) >= 11 is 0. The number of ether oxygens (including phenoxy) is 1. The lowest BCUT2D eigenvalue weighted by molar-refractivity contribution is -0.149. The Hall–Kier alpha value is -1.51. The lowest BCUT2D eigenvalue weighted by Crippen LogP contribution is -2.47. The van der Waals surface area contributed by atoms with Gasteiger partial charge in [0.25, 0.3) is 5.91 Å². The minimum Gasteiger partial charge on any atom is -0.478 e. The topological polar surface area (TPSA) is 29.5 Å². The molecule has 148 valence electrons. The molecule has 0 aromatic carbocycles. The van der Waals surface area contributed by atoms with Crippen molar-refractivity contribution in [3.8, 4) is 0 Å². The molecule has 0 aliphatic rings. The maximum absolute atomic E-state index is 12.6. The Morgan fingerprint density at radius 1 is 1.04 bits per heavy atom. The average Bonchev–Trinajstić information content (AvgIpc) is 2.63. The van der Waals surface area contributed by atoms with E-state index in [9.17, 15) is 4.79 Å². The molecule has 0 bridgehead atoms. The highest BCUT2D eigenvalue weighted by atomic mass is 16.5. The molecule has 0 aromatic heterocycles. The number of amides is 1. The van der Waals surface area contributed by atoms with Crippen molar-refractivity contribution >= 4 is 5.91 Å².